The Morgan fingerprint density at radius 1 is 1.05 bits per heavy atom. The van der Waals surface area contributed by atoms with E-state index >= 15 is 0 Å². The Hall–Kier alpha value is -2.00. The van der Waals surface area contributed by atoms with E-state index in [9.17, 15) is 4.39 Å². The molecule has 0 atom stereocenters. The second-order valence-corrected chi connectivity index (χ2v) is 4.67. The molecule has 1 aromatic heterocycles. The van der Waals surface area contributed by atoms with Gasteiger partial charge in [0.25, 0.3) is 0 Å². The van der Waals surface area contributed by atoms with Gasteiger partial charge in [0.15, 0.2) is 0 Å². The predicted molar refractivity (Wildman–Crippen MR) is 74.7 cm³/mol. The maximum atomic E-state index is 13.1. The summed E-state index contributed by atoms with van der Waals surface area (Å²) < 4.78 is 13.1. The first-order chi connectivity index (χ1) is 9.15. The summed E-state index contributed by atoms with van der Waals surface area (Å²) in [5, 5.41) is 1.25. The van der Waals surface area contributed by atoms with Crippen LogP contribution in [0.1, 0.15) is 5.82 Å². The molecule has 0 fully saturated rings. The Morgan fingerprint density at radius 3 is 2.63 bits per heavy atom. The molecule has 0 aliphatic rings. The molecule has 2 aromatic carbocycles. The van der Waals surface area contributed by atoms with Crippen molar-refractivity contribution in [3.63, 3.8) is 0 Å². The highest BCUT2D eigenvalue weighted by Gasteiger charge is 2.11. The van der Waals surface area contributed by atoms with E-state index in [1.807, 2.05) is 31.2 Å². The number of para-hydroxylation sites is 1. The molecule has 3 rings (SSSR count). The fourth-order valence-electron chi connectivity index (χ4n) is 2.08. The van der Waals surface area contributed by atoms with Crippen molar-refractivity contribution in [3.8, 4) is 11.3 Å². The van der Waals surface area contributed by atoms with Crippen LogP contribution >= 0.6 is 11.6 Å². The summed E-state index contributed by atoms with van der Waals surface area (Å²) in [7, 11) is 0. The first-order valence-corrected chi connectivity index (χ1v) is 6.22. The second kappa shape index (κ2) is 4.59. The lowest BCUT2D eigenvalue weighted by Gasteiger charge is -2.08. The maximum Gasteiger partial charge on any atom is 0.126 e. The minimum absolute atomic E-state index is 0.350. The molecule has 0 radical (unpaired) electrons. The zero-order chi connectivity index (χ0) is 13.4. The zero-order valence-corrected chi connectivity index (χ0v) is 10.9. The van der Waals surface area contributed by atoms with Crippen molar-refractivity contribution in [2.45, 2.75) is 6.92 Å². The minimum atomic E-state index is -0.358. The van der Waals surface area contributed by atoms with Gasteiger partial charge in [0.1, 0.15) is 11.6 Å². The molecule has 0 bridgehead atoms. The summed E-state index contributed by atoms with van der Waals surface area (Å²) in [6, 6.07) is 12.0. The largest absolute Gasteiger partial charge is 0.233 e. The van der Waals surface area contributed by atoms with Crippen LogP contribution in [0.25, 0.3) is 22.2 Å². The third kappa shape index (κ3) is 2.17. The van der Waals surface area contributed by atoms with Gasteiger partial charge in [-0.1, -0.05) is 29.8 Å². The van der Waals surface area contributed by atoms with Gasteiger partial charge in [-0.3, -0.25) is 0 Å². The SMILES string of the molecule is Cc1nc(-c2ccc(F)cc2Cl)c2ccccc2n1. The van der Waals surface area contributed by atoms with Crippen molar-refractivity contribution < 1.29 is 4.39 Å². The molecule has 0 aliphatic carbocycles. The smallest absolute Gasteiger partial charge is 0.126 e. The van der Waals surface area contributed by atoms with E-state index in [0.717, 1.165) is 16.6 Å². The third-order valence-corrected chi connectivity index (χ3v) is 3.21. The summed E-state index contributed by atoms with van der Waals surface area (Å²) >= 11 is 6.12. The molecule has 0 N–H and O–H groups in total. The van der Waals surface area contributed by atoms with Crippen LogP contribution in [0.4, 0.5) is 4.39 Å². The molecule has 0 amide bonds. The number of rotatable bonds is 1. The highest BCUT2D eigenvalue weighted by Crippen LogP contribution is 2.31. The van der Waals surface area contributed by atoms with Gasteiger partial charge in [-0.2, -0.15) is 0 Å². The van der Waals surface area contributed by atoms with Crippen LogP contribution in [-0.4, -0.2) is 9.97 Å². The van der Waals surface area contributed by atoms with Gasteiger partial charge >= 0.3 is 0 Å². The molecular formula is C15H10ClFN2. The monoisotopic (exact) mass is 272 g/mol. The second-order valence-electron chi connectivity index (χ2n) is 4.26. The molecule has 0 saturated carbocycles. The number of aryl methyl sites for hydroxylation is 1. The molecule has 19 heavy (non-hydrogen) atoms. The first kappa shape index (κ1) is 12.1. The molecule has 3 aromatic rings. The van der Waals surface area contributed by atoms with Gasteiger partial charge in [0.05, 0.1) is 16.2 Å². The van der Waals surface area contributed by atoms with Crippen LogP contribution in [0.15, 0.2) is 42.5 Å². The number of halogens is 2. The van der Waals surface area contributed by atoms with Gasteiger partial charge in [-0.15, -0.1) is 0 Å². The topological polar surface area (TPSA) is 25.8 Å². The van der Waals surface area contributed by atoms with Gasteiger partial charge < -0.3 is 0 Å². The van der Waals surface area contributed by atoms with Gasteiger partial charge in [-0.25, -0.2) is 14.4 Å². The van der Waals surface area contributed by atoms with Crippen molar-refractivity contribution >= 4 is 22.5 Å². The van der Waals surface area contributed by atoms with Crippen molar-refractivity contribution in [3.05, 3.63) is 59.1 Å². The Kier molecular flexibility index (Phi) is 2.91. The van der Waals surface area contributed by atoms with Crippen LogP contribution in [0.5, 0.6) is 0 Å². The first-order valence-electron chi connectivity index (χ1n) is 5.84. The number of aromatic nitrogens is 2. The standard InChI is InChI=1S/C15H10ClFN2/c1-9-18-14-5-3-2-4-12(14)15(19-9)11-7-6-10(17)8-13(11)16/h2-8H,1H3. The van der Waals surface area contributed by atoms with Crippen LogP contribution in [-0.2, 0) is 0 Å². The highest BCUT2D eigenvalue weighted by molar-refractivity contribution is 6.33. The predicted octanol–water partition coefficient (Wildman–Crippen LogP) is 4.40. The Morgan fingerprint density at radius 2 is 1.84 bits per heavy atom. The van der Waals surface area contributed by atoms with E-state index < -0.39 is 0 Å². The lowest BCUT2D eigenvalue weighted by atomic mass is 10.1. The third-order valence-electron chi connectivity index (χ3n) is 2.90. The minimum Gasteiger partial charge on any atom is -0.233 e. The zero-order valence-electron chi connectivity index (χ0n) is 10.2. The summed E-state index contributed by atoms with van der Waals surface area (Å²) in [4.78, 5) is 8.82. The Bertz CT molecular complexity index is 771. The Balaban J connectivity index is 2.35. The lowest BCUT2D eigenvalue weighted by molar-refractivity contribution is 0.628. The van der Waals surface area contributed by atoms with Crippen molar-refractivity contribution in [1.82, 2.24) is 9.97 Å². The van der Waals surface area contributed by atoms with E-state index in [-0.39, 0.29) is 5.82 Å². The molecule has 2 nitrogen and oxygen atoms in total. The summed E-state index contributed by atoms with van der Waals surface area (Å²) in [5.74, 6) is 0.304. The summed E-state index contributed by atoms with van der Waals surface area (Å²) in [6.45, 7) is 1.83. The van der Waals surface area contributed by atoms with Crippen molar-refractivity contribution in [2.24, 2.45) is 0 Å². The highest BCUT2D eigenvalue weighted by atomic mass is 35.5. The molecule has 4 heteroatoms. The molecule has 1 heterocycles. The average Bonchev–Trinajstić information content (AvgIpc) is 2.38. The van der Waals surface area contributed by atoms with Gasteiger partial charge in [-0.05, 0) is 31.2 Å². The molecule has 0 spiro atoms. The number of fused-ring (bicyclic) bond motifs is 1. The van der Waals surface area contributed by atoms with E-state index in [4.69, 9.17) is 11.6 Å². The van der Waals surface area contributed by atoms with Crippen LogP contribution in [0.2, 0.25) is 5.02 Å². The molecule has 0 aliphatic heterocycles. The molecule has 0 unspecified atom stereocenters. The number of hydrogen-bond donors (Lipinski definition) is 0. The quantitative estimate of drug-likeness (QED) is 0.656. The summed E-state index contributed by atoms with van der Waals surface area (Å²) in [5.41, 5.74) is 2.29. The number of benzene rings is 2. The maximum absolute atomic E-state index is 13.1. The van der Waals surface area contributed by atoms with E-state index in [1.54, 1.807) is 6.07 Å². The number of nitrogens with zero attached hydrogens (tertiary/aromatic N) is 2. The van der Waals surface area contributed by atoms with E-state index in [0.29, 0.717) is 16.4 Å². The van der Waals surface area contributed by atoms with Crippen molar-refractivity contribution in [1.29, 1.82) is 0 Å². The van der Waals surface area contributed by atoms with Crippen molar-refractivity contribution in [2.75, 3.05) is 0 Å². The molecule has 0 saturated heterocycles. The fourth-order valence-corrected chi connectivity index (χ4v) is 2.34. The average molecular weight is 273 g/mol. The lowest BCUT2D eigenvalue weighted by Crippen LogP contribution is -1.94. The number of hydrogen-bond acceptors (Lipinski definition) is 2. The molecule has 94 valence electrons. The van der Waals surface area contributed by atoms with Crippen LogP contribution in [0.3, 0.4) is 0 Å². The van der Waals surface area contributed by atoms with Gasteiger partial charge in [0, 0.05) is 10.9 Å². The Labute approximate surface area is 114 Å². The van der Waals surface area contributed by atoms with Crippen LogP contribution < -0.4 is 0 Å². The van der Waals surface area contributed by atoms with Crippen LogP contribution in [0, 0.1) is 12.7 Å². The van der Waals surface area contributed by atoms with E-state index in [1.165, 1.54) is 12.1 Å². The molecular weight excluding hydrogens is 263 g/mol. The summed E-state index contributed by atoms with van der Waals surface area (Å²) in [6.07, 6.45) is 0. The fraction of sp³-hybridized carbons (Fsp3) is 0.0667. The normalized spacial score (nSPS) is 10.9. The van der Waals surface area contributed by atoms with E-state index in [2.05, 4.69) is 9.97 Å². The van der Waals surface area contributed by atoms with Gasteiger partial charge in [0.2, 0.25) is 0 Å².